The van der Waals surface area contributed by atoms with Crippen LogP contribution < -0.4 is 5.32 Å². The number of nitrogens with one attached hydrogen (secondary N) is 1. The van der Waals surface area contributed by atoms with E-state index in [1.807, 2.05) is 13.8 Å². The van der Waals surface area contributed by atoms with Crippen molar-refractivity contribution in [3.8, 4) is 0 Å². The Morgan fingerprint density at radius 1 is 1.25 bits per heavy atom. The summed E-state index contributed by atoms with van der Waals surface area (Å²) in [5.74, 6) is 0. The first-order chi connectivity index (χ1) is 5.83. The molecule has 0 heterocycles. The molecule has 0 aliphatic carbocycles. The molecule has 0 spiro atoms. The highest BCUT2D eigenvalue weighted by atomic mass is 16.1. The second-order valence-corrected chi connectivity index (χ2v) is 2.52. The monoisotopic (exact) mass is 165 g/mol. The zero-order chi connectivity index (χ0) is 9.40. The predicted octanol–water partition coefficient (Wildman–Crippen LogP) is 1.53. The van der Waals surface area contributed by atoms with Crippen LogP contribution in [0.5, 0.6) is 0 Å². The van der Waals surface area contributed by atoms with Gasteiger partial charge >= 0.3 is 0 Å². The van der Waals surface area contributed by atoms with Gasteiger partial charge in [0.05, 0.1) is 0 Å². The summed E-state index contributed by atoms with van der Waals surface area (Å²) < 4.78 is 0. The van der Waals surface area contributed by atoms with Gasteiger partial charge in [-0.1, -0.05) is 29.8 Å². The van der Waals surface area contributed by atoms with E-state index in [0.29, 0.717) is 0 Å². The summed E-state index contributed by atoms with van der Waals surface area (Å²) in [6, 6.07) is 8.55. The lowest BCUT2D eigenvalue weighted by Crippen LogP contribution is -2.04. The van der Waals surface area contributed by atoms with Gasteiger partial charge in [0.25, 0.3) is 0 Å². The Morgan fingerprint density at radius 2 is 1.75 bits per heavy atom. The molecule has 0 unspecified atom stereocenters. The fourth-order valence-electron chi connectivity index (χ4n) is 0.910. The lowest BCUT2D eigenvalue weighted by atomic mass is 10.1. The van der Waals surface area contributed by atoms with Gasteiger partial charge in [-0.2, -0.15) is 0 Å². The second kappa shape index (κ2) is 6.55. The van der Waals surface area contributed by atoms with E-state index >= 15 is 0 Å². The van der Waals surface area contributed by atoms with Gasteiger partial charge in [-0.15, -0.1) is 0 Å². The standard InChI is InChI=1S/C9H13N.CH2O/c1-8-3-5-9(6-4-8)7-10-2;1-2/h3-6,10H,7H2,1-2H3;1H2. The summed E-state index contributed by atoms with van der Waals surface area (Å²) in [5, 5.41) is 3.10. The number of hydrogen-bond donors (Lipinski definition) is 1. The summed E-state index contributed by atoms with van der Waals surface area (Å²) in [7, 11) is 1.96. The second-order valence-electron chi connectivity index (χ2n) is 2.52. The van der Waals surface area contributed by atoms with Gasteiger partial charge in [0.1, 0.15) is 6.79 Å². The lowest BCUT2D eigenvalue weighted by molar-refractivity contribution is -0.0979. The summed E-state index contributed by atoms with van der Waals surface area (Å²) in [5.41, 5.74) is 2.66. The van der Waals surface area contributed by atoms with Gasteiger partial charge < -0.3 is 10.1 Å². The van der Waals surface area contributed by atoms with E-state index in [0.717, 1.165) is 6.54 Å². The largest absolute Gasteiger partial charge is 0.316 e. The maximum atomic E-state index is 8.00. The number of carbonyl (C=O) groups is 1. The number of hydrogen-bond acceptors (Lipinski definition) is 2. The molecule has 2 heteroatoms. The van der Waals surface area contributed by atoms with Crippen molar-refractivity contribution >= 4 is 6.79 Å². The van der Waals surface area contributed by atoms with Crippen LogP contribution in [-0.4, -0.2) is 13.8 Å². The molecule has 0 bridgehead atoms. The summed E-state index contributed by atoms with van der Waals surface area (Å²) in [6.07, 6.45) is 0. The van der Waals surface area contributed by atoms with Crippen LogP contribution in [0.25, 0.3) is 0 Å². The van der Waals surface area contributed by atoms with Gasteiger partial charge in [-0.3, -0.25) is 0 Å². The van der Waals surface area contributed by atoms with Crippen molar-refractivity contribution in [2.24, 2.45) is 0 Å². The average Bonchev–Trinajstić information content (AvgIpc) is 2.13. The maximum absolute atomic E-state index is 8.00. The molecule has 2 nitrogen and oxygen atoms in total. The Hall–Kier alpha value is -1.15. The number of benzene rings is 1. The van der Waals surface area contributed by atoms with Gasteiger partial charge in [-0.05, 0) is 19.5 Å². The fourth-order valence-corrected chi connectivity index (χ4v) is 0.910. The quantitative estimate of drug-likeness (QED) is 0.720. The van der Waals surface area contributed by atoms with Crippen LogP contribution in [-0.2, 0) is 11.3 Å². The first-order valence-corrected chi connectivity index (χ1v) is 3.82. The van der Waals surface area contributed by atoms with Crippen LogP contribution >= 0.6 is 0 Å². The smallest absolute Gasteiger partial charge is 0.106 e. The van der Waals surface area contributed by atoms with E-state index in [-0.39, 0.29) is 0 Å². The first-order valence-electron chi connectivity index (χ1n) is 3.82. The van der Waals surface area contributed by atoms with Crippen LogP contribution in [0.1, 0.15) is 11.1 Å². The number of rotatable bonds is 2. The zero-order valence-corrected chi connectivity index (χ0v) is 7.63. The van der Waals surface area contributed by atoms with Gasteiger partial charge in [0, 0.05) is 6.54 Å². The van der Waals surface area contributed by atoms with Gasteiger partial charge in [0.2, 0.25) is 0 Å². The average molecular weight is 165 g/mol. The first kappa shape index (κ1) is 10.8. The highest BCUT2D eigenvalue weighted by molar-refractivity contribution is 5.20. The number of carbonyl (C=O) groups excluding carboxylic acids is 1. The van der Waals surface area contributed by atoms with E-state index in [1.54, 1.807) is 0 Å². The Morgan fingerprint density at radius 3 is 2.17 bits per heavy atom. The van der Waals surface area contributed by atoms with Crippen molar-refractivity contribution in [1.29, 1.82) is 0 Å². The molecule has 0 radical (unpaired) electrons. The molecule has 0 saturated heterocycles. The Bertz CT molecular complexity index is 206. The molecule has 0 aliphatic rings. The number of aryl methyl sites for hydroxylation is 1. The van der Waals surface area contributed by atoms with E-state index in [1.165, 1.54) is 11.1 Å². The fraction of sp³-hybridized carbons (Fsp3) is 0.300. The minimum atomic E-state index is 0.959. The molecule has 0 atom stereocenters. The van der Waals surface area contributed by atoms with E-state index in [9.17, 15) is 0 Å². The molecule has 12 heavy (non-hydrogen) atoms. The van der Waals surface area contributed by atoms with Crippen molar-refractivity contribution in [3.05, 3.63) is 35.4 Å². The molecule has 0 saturated carbocycles. The van der Waals surface area contributed by atoms with Crippen LogP contribution in [0.2, 0.25) is 0 Å². The SMILES string of the molecule is C=O.CNCc1ccc(C)cc1. The Labute approximate surface area is 73.6 Å². The van der Waals surface area contributed by atoms with Crippen molar-refractivity contribution < 1.29 is 4.79 Å². The van der Waals surface area contributed by atoms with E-state index < -0.39 is 0 Å². The maximum Gasteiger partial charge on any atom is 0.106 e. The molecule has 0 amide bonds. The lowest BCUT2D eigenvalue weighted by Gasteiger charge is -1.98. The summed E-state index contributed by atoms with van der Waals surface area (Å²) in [4.78, 5) is 8.00. The van der Waals surface area contributed by atoms with Crippen molar-refractivity contribution in [2.75, 3.05) is 7.05 Å². The summed E-state index contributed by atoms with van der Waals surface area (Å²) in [6.45, 7) is 5.06. The van der Waals surface area contributed by atoms with E-state index in [4.69, 9.17) is 4.79 Å². The van der Waals surface area contributed by atoms with E-state index in [2.05, 4.69) is 36.5 Å². The molecule has 1 aromatic carbocycles. The molecule has 1 N–H and O–H groups in total. The molecule has 1 aromatic rings. The minimum absolute atomic E-state index is 0.959. The molecule has 0 fully saturated rings. The molecular weight excluding hydrogens is 150 g/mol. The molecular formula is C10H15NO. The van der Waals surface area contributed by atoms with Crippen molar-refractivity contribution in [1.82, 2.24) is 5.32 Å². The van der Waals surface area contributed by atoms with Crippen LogP contribution in [0.3, 0.4) is 0 Å². The minimum Gasteiger partial charge on any atom is -0.316 e. The normalized spacial score (nSPS) is 8.50. The predicted molar refractivity (Wildman–Crippen MR) is 51.1 cm³/mol. The highest BCUT2D eigenvalue weighted by Gasteiger charge is 1.87. The van der Waals surface area contributed by atoms with Gasteiger partial charge in [-0.25, -0.2) is 0 Å². The molecule has 0 aromatic heterocycles. The summed E-state index contributed by atoms with van der Waals surface area (Å²) >= 11 is 0. The van der Waals surface area contributed by atoms with Gasteiger partial charge in [0.15, 0.2) is 0 Å². The third kappa shape index (κ3) is 3.88. The van der Waals surface area contributed by atoms with Crippen LogP contribution in [0, 0.1) is 6.92 Å². The third-order valence-corrected chi connectivity index (χ3v) is 1.50. The molecule has 66 valence electrons. The Balaban J connectivity index is 0.000000561. The van der Waals surface area contributed by atoms with Crippen molar-refractivity contribution in [2.45, 2.75) is 13.5 Å². The third-order valence-electron chi connectivity index (χ3n) is 1.50. The highest BCUT2D eigenvalue weighted by Crippen LogP contribution is 2.01. The topological polar surface area (TPSA) is 29.1 Å². The Kier molecular flexibility index (Phi) is 5.93. The zero-order valence-electron chi connectivity index (χ0n) is 7.63. The molecule has 0 aliphatic heterocycles. The molecule has 1 rings (SSSR count). The van der Waals surface area contributed by atoms with Crippen molar-refractivity contribution in [3.63, 3.8) is 0 Å². The van der Waals surface area contributed by atoms with Crippen LogP contribution in [0.4, 0.5) is 0 Å². The van der Waals surface area contributed by atoms with Crippen LogP contribution in [0.15, 0.2) is 24.3 Å².